The van der Waals surface area contributed by atoms with Crippen LogP contribution in [0.25, 0.3) is 6.08 Å². The van der Waals surface area contributed by atoms with Crippen molar-refractivity contribution in [2.24, 2.45) is 0 Å². The third-order valence-corrected chi connectivity index (χ3v) is 5.58. The van der Waals surface area contributed by atoms with Crippen LogP contribution in [-0.4, -0.2) is 34.7 Å². The molecule has 0 spiro atoms. The van der Waals surface area contributed by atoms with Gasteiger partial charge >= 0.3 is 0 Å². The maximum absolute atomic E-state index is 12.9. The van der Waals surface area contributed by atoms with Crippen LogP contribution in [0.5, 0.6) is 5.75 Å². The Morgan fingerprint density at radius 3 is 2.55 bits per heavy atom. The number of hydrogen-bond donors (Lipinski definition) is 1. The lowest BCUT2D eigenvalue weighted by Crippen LogP contribution is -2.29. The zero-order chi connectivity index (χ0) is 20.8. The van der Waals surface area contributed by atoms with E-state index >= 15 is 0 Å². The fraction of sp³-hybridized carbons (Fsp3) is 0.190. The molecular formula is C21H19FN2O3S2. The normalized spacial score (nSPS) is 15.1. The average molecular weight is 431 g/mol. The van der Waals surface area contributed by atoms with Gasteiger partial charge in [-0.15, -0.1) is 0 Å². The van der Waals surface area contributed by atoms with Crippen molar-refractivity contribution in [2.75, 3.05) is 19.0 Å². The Labute approximate surface area is 177 Å². The molecule has 150 valence electrons. The van der Waals surface area contributed by atoms with Gasteiger partial charge in [-0.25, -0.2) is 4.39 Å². The molecule has 1 aliphatic rings. The zero-order valence-electron chi connectivity index (χ0n) is 15.7. The number of methoxy groups -OCH3 is 1. The van der Waals surface area contributed by atoms with Gasteiger partial charge in [0.05, 0.1) is 12.0 Å². The number of halogens is 1. The Morgan fingerprint density at radius 1 is 1.21 bits per heavy atom. The van der Waals surface area contributed by atoms with Crippen LogP contribution in [0.3, 0.4) is 0 Å². The minimum atomic E-state index is -0.361. The van der Waals surface area contributed by atoms with Crippen molar-refractivity contribution < 1.29 is 18.7 Å². The second-order valence-corrected chi connectivity index (χ2v) is 7.94. The standard InChI is InChI=1S/C21H19FN2O3S2/c1-27-17-10-4-14(5-11-17)13-18-20(26)24(21(28)29-18)12-2-3-19(25)23-16-8-6-15(22)7-9-16/h4-11,13H,2-3,12H2,1H3,(H,23,25)/b18-13-. The fourth-order valence-corrected chi connectivity index (χ4v) is 4.01. The van der Waals surface area contributed by atoms with Gasteiger partial charge in [0.25, 0.3) is 5.91 Å². The van der Waals surface area contributed by atoms with Crippen LogP contribution in [0.15, 0.2) is 53.4 Å². The Hall–Kier alpha value is -2.71. The molecular weight excluding hydrogens is 411 g/mol. The highest BCUT2D eigenvalue weighted by Gasteiger charge is 2.31. The van der Waals surface area contributed by atoms with E-state index in [0.29, 0.717) is 27.9 Å². The lowest BCUT2D eigenvalue weighted by molar-refractivity contribution is -0.122. The van der Waals surface area contributed by atoms with Gasteiger partial charge < -0.3 is 10.1 Å². The summed E-state index contributed by atoms with van der Waals surface area (Å²) in [6.07, 6.45) is 2.49. The van der Waals surface area contributed by atoms with E-state index in [4.69, 9.17) is 17.0 Å². The third kappa shape index (κ3) is 5.65. The summed E-state index contributed by atoms with van der Waals surface area (Å²) in [5.41, 5.74) is 1.41. The minimum absolute atomic E-state index is 0.158. The second kappa shape index (κ2) is 9.67. The van der Waals surface area contributed by atoms with Crippen LogP contribution in [0, 0.1) is 5.82 Å². The highest BCUT2D eigenvalue weighted by Crippen LogP contribution is 2.33. The topological polar surface area (TPSA) is 58.6 Å². The quantitative estimate of drug-likeness (QED) is 0.519. The summed E-state index contributed by atoms with van der Waals surface area (Å²) in [5, 5.41) is 2.70. The maximum Gasteiger partial charge on any atom is 0.266 e. The summed E-state index contributed by atoms with van der Waals surface area (Å²) in [6, 6.07) is 12.9. The molecule has 1 heterocycles. The first kappa shape index (κ1) is 21.0. The number of thioether (sulfide) groups is 1. The molecule has 2 aromatic rings. The molecule has 29 heavy (non-hydrogen) atoms. The summed E-state index contributed by atoms with van der Waals surface area (Å²) in [6.45, 7) is 0.363. The highest BCUT2D eigenvalue weighted by molar-refractivity contribution is 8.26. The molecule has 2 amide bonds. The van der Waals surface area contributed by atoms with E-state index in [2.05, 4.69) is 5.32 Å². The number of nitrogens with zero attached hydrogens (tertiary/aromatic N) is 1. The minimum Gasteiger partial charge on any atom is -0.497 e. The first-order valence-corrected chi connectivity index (χ1v) is 10.1. The van der Waals surface area contributed by atoms with E-state index in [-0.39, 0.29) is 24.1 Å². The van der Waals surface area contributed by atoms with Crippen LogP contribution in [0.2, 0.25) is 0 Å². The van der Waals surface area contributed by atoms with Crippen molar-refractivity contribution in [2.45, 2.75) is 12.8 Å². The number of benzene rings is 2. The second-order valence-electron chi connectivity index (χ2n) is 6.27. The van der Waals surface area contributed by atoms with Crippen molar-refractivity contribution in [3.05, 3.63) is 64.8 Å². The summed E-state index contributed by atoms with van der Waals surface area (Å²) < 4.78 is 18.5. The van der Waals surface area contributed by atoms with Crippen molar-refractivity contribution in [1.29, 1.82) is 0 Å². The Morgan fingerprint density at radius 2 is 1.90 bits per heavy atom. The van der Waals surface area contributed by atoms with Gasteiger partial charge in [-0.2, -0.15) is 0 Å². The summed E-state index contributed by atoms with van der Waals surface area (Å²) in [5.74, 6) is 0.0271. The van der Waals surface area contributed by atoms with Crippen LogP contribution in [-0.2, 0) is 9.59 Å². The monoisotopic (exact) mass is 430 g/mol. The van der Waals surface area contributed by atoms with Gasteiger partial charge in [0.1, 0.15) is 15.9 Å². The molecule has 0 aliphatic carbocycles. The van der Waals surface area contributed by atoms with Crippen molar-refractivity contribution in [3.63, 3.8) is 0 Å². The smallest absolute Gasteiger partial charge is 0.266 e. The number of nitrogens with one attached hydrogen (secondary N) is 1. The molecule has 0 saturated carbocycles. The molecule has 5 nitrogen and oxygen atoms in total. The largest absolute Gasteiger partial charge is 0.497 e. The lowest BCUT2D eigenvalue weighted by atomic mass is 10.2. The van der Waals surface area contributed by atoms with Gasteiger partial charge in [-0.05, 0) is 54.5 Å². The number of rotatable bonds is 7. The molecule has 2 aromatic carbocycles. The SMILES string of the molecule is COc1ccc(/C=C2\SC(=S)N(CCCC(=O)Nc3ccc(F)cc3)C2=O)cc1. The predicted octanol–water partition coefficient (Wildman–Crippen LogP) is 4.45. The van der Waals surface area contributed by atoms with E-state index in [1.807, 2.05) is 24.3 Å². The van der Waals surface area contributed by atoms with Crippen molar-refractivity contribution in [1.82, 2.24) is 4.90 Å². The first-order chi connectivity index (χ1) is 14.0. The van der Waals surface area contributed by atoms with E-state index in [0.717, 1.165) is 11.3 Å². The molecule has 1 saturated heterocycles. The van der Waals surface area contributed by atoms with Gasteiger partial charge in [-0.3, -0.25) is 14.5 Å². The molecule has 0 radical (unpaired) electrons. The van der Waals surface area contributed by atoms with Crippen LogP contribution < -0.4 is 10.1 Å². The number of carbonyl (C=O) groups excluding carboxylic acids is 2. The number of carbonyl (C=O) groups is 2. The number of amides is 2. The summed E-state index contributed by atoms with van der Waals surface area (Å²) >= 11 is 6.57. The maximum atomic E-state index is 12.9. The highest BCUT2D eigenvalue weighted by atomic mass is 32.2. The van der Waals surface area contributed by atoms with Gasteiger partial charge in [0.2, 0.25) is 5.91 Å². The van der Waals surface area contributed by atoms with Gasteiger partial charge in [0.15, 0.2) is 0 Å². The zero-order valence-corrected chi connectivity index (χ0v) is 17.3. The lowest BCUT2D eigenvalue weighted by Gasteiger charge is -2.14. The Bertz CT molecular complexity index is 943. The van der Waals surface area contributed by atoms with Gasteiger partial charge in [0, 0.05) is 18.7 Å². The molecule has 0 unspecified atom stereocenters. The number of hydrogen-bond acceptors (Lipinski definition) is 5. The van der Waals surface area contributed by atoms with Gasteiger partial charge in [-0.1, -0.05) is 36.1 Å². The van der Waals surface area contributed by atoms with Crippen molar-refractivity contribution >= 4 is 51.9 Å². The van der Waals surface area contributed by atoms with Crippen LogP contribution in [0.1, 0.15) is 18.4 Å². The van der Waals surface area contributed by atoms with Crippen molar-refractivity contribution in [3.8, 4) is 5.75 Å². The summed E-state index contributed by atoms with van der Waals surface area (Å²) in [4.78, 5) is 26.7. The molecule has 1 aliphatic heterocycles. The van der Waals surface area contributed by atoms with E-state index in [1.54, 1.807) is 13.2 Å². The fourth-order valence-electron chi connectivity index (χ4n) is 2.70. The number of ether oxygens (including phenoxy) is 1. The molecule has 0 bridgehead atoms. The average Bonchev–Trinajstić information content (AvgIpc) is 2.97. The number of thiocarbonyl (C=S) groups is 1. The van der Waals surface area contributed by atoms with Crippen LogP contribution >= 0.6 is 24.0 Å². The molecule has 0 atom stereocenters. The van der Waals surface area contributed by atoms with E-state index in [1.165, 1.54) is 40.9 Å². The molecule has 3 rings (SSSR count). The molecule has 8 heteroatoms. The molecule has 1 fully saturated rings. The van der Waals surface area contributed by atoms with Crippen LogP contribution in [0.4, 0.5) is 10.1 Å². The Balaban J connectivity index is 1.52. The Kier molecular flexibility index (Phi) is 7.00. The van der Waals surface area contributed by atoms with E-state index in [9.17, 15) is 14.0 Å². The summed E-state index contributed by atoms with van der Waals surface area (Å²) in [7, 11) is 1.60. The third-order valence-electron chi connectivity index (χ3n) is 4.20. The number of anilines is 1. The predicted molar refractivity (Wildman–Crippen MR) is 117 cm³/mol. The molecule has 1 N–H and O–H groups in total. The molecule has 0 aromatic heterocycles. The van der Waals surface area contributed by atoms with E-state index < -0.39 is 0 Å². The first-order valence-electron chi connectivity index (χ1n) is 8.91.